The van der Waals surface area contributed by atoms with Gasteiger partial charge in [0.15, 0.2) is 0 Å². The predicted molar refractivity (Wildman–Crippen MR) is 98.6 cm³/mol. The van der Waals surface area contributed by atoms with Crippen molar-refractivity contribution in [1.29, 1.82) is 5.26 Å². The van der Waals surface area contributed by atoms with Crippen LogP contribution in [-0.2, 0) is 6.42 Å². The first-order valence-electron chi connectivity index (χ1n) is 8.20. The van der Waals surface area contributed by atoms with E-state index >= 15 is 0 Å². The van der Waals surface area contributed by atoms with Crippen molar-refractivity contribution in [3.63, 3.8) is 0 Å². The molecule has 0 aliphatic rings. The highest BCUT2D eigenvalue weighted by Gasteiger charge is 2.01. The minimum Gasteiger partial charge on any atom is -0.492 e. The molecule has 0 atom stereocenters. The first kappa shape index (κ1) is 16.5. The highest BCUT2D eigenvalue weighted by Crippen LogP contribution is 2.15. The zero-order valence-electron chi connectivity index (χ0n) is 13.9. The molecule has 0 unspecified atom stereocenters. The van der Waals surface area contributed by atoms with Gasteiger partial charge in [-0.3, -0.25) is 0 Å². The van der Waals surface area contributed by atoms with Gasteiger partial charge in [0.05, 0.1) is 12.1 Å². The highest BCUT2D eigenvalue weighted by atomic mass is 16.5. The van der Waals surface area contributed by atoms with Crippen molar-refractivity contribution in [2.75, 3.05) is 18.5 Å². The highest BCUT2D eigenvalue weighted by molar-refractivity contribution is 5.51. The number of ether oxygens (including phenoxy) is 1. The van der Waals surface area contributed by atoms with E-state index in [-0.39, 0.29) is 0 Å². The molecule has 1 aromatic heterocycles. The van der Waals surface area contributed by atoms with Crippen LogP contribution in [0.5, 0.6) is 5.75 Å². The zero-order valence-corrected chi connectivity index (χ0v) is 13.9. The van der Waals surface area contributed by atoms with E-state index in [0.717, 1.165) is 12.2 Å². The lowest BCUT2D eigenvalue weighted by Crippen LogP contribution is -2.13. The van der Waals surface area contributed by atoms with Crippen molar-refractivity contribution in [3.05, 3.63) is 89.6 Å². The molecule has 0 amide bonds. The molecular weight excluding hydrogens is 310 g/mol. The lowest BCUT2D eigenvalue weighted by molar-refractivity contribution is 0.332. The molecule has 3 aromatic rings. The van der Waals surface area contributed by atoms with Crippen molar-refractivity contribution < 1.29 is 4.74 Å². The third-order valence-electron chi connectivity index (χ3n) is 3.77. The first-order chi connectivity index (χ1) is 12.3. The average Bonchev–Trinajstić information content (AvgIpc) is 2.67. The second kappa shape index (κ2) is 8.51. The maximum Gasteiger partial charge on any atom is 0.144 e. The molecule has 0 bridgehead atoms. The molecule has 3 rings (SSSR count). The van der Waals surface area contributed by atoms with Crippen molar-refractivity contribution in [1.82, 2.24) is 4.98 Å². The van der Waals surface area contributed by atoms with Gasteiger partial charge in [0, 0.05) is 6.20 Å². The number of benzene rings is 2. The molecule has 4 nitrogen and oxygen atoms in total. The molecule has 0 fully saturated rings. The molecule has 1 heterocycles. The quantitative estimate of drug-likeness (QED) is 0.665. The van der Waals surface area contributed by atoms with Gasteiger partial charge in [-0.1, -0.05) is 42.5 Å². The minimum atomic E-state index is 0.499. The number of aromatic nitrogens is 1. The summed E-state index contributed by atoms with van der Waals surface area (Å²) in [4.78, 5) is 4.16. The van der Waals surface area contributed by atoms with Gasteiger partial charge >= 0.3 is 0 Å². The van der Waals surface area contributed by atoms with Crippen LogP contribution < -0.4 is 10.1 Å². The number of hydrogen-bond donors (Lipinski definition) is 1. The fourth-order valence-corrected chi connectivity index (χ4v) is 2.51. The number of rotatable bonds is 7. The molecule has 0 saturated carbocycles. The van der Waals surface area contributed by atoms with Crippen LogP contribution in [0.3, 0.4) is 0 Å². The Kier molecular flexibility index (Phi) is 5.63. The molecule has 2 aromatic carbocycles. The number of hydrogen-bond acceptors (Lipinski definition) is 4. The van der Waals surface area contributed by atoms with Crippen LogP contribution in [0.25, 0.3) is 0 Å². The second-order valence-electron chi connectivity index (χ2n) is 5.59. The van der Waals surface area contributed by atoms with E-state index < -0.39 is 0 Å². The molecule has 0 spiro atoms. The second-order valence-corrected chi connectivity index (χ2v) is 5.59. The summed E-state index contributed by atoms with van der Waals surface area (Å²) in [6.45, 7) is 1.08. The van der Waals surface area contributed by atoms with Gasteiger partial charge < -0.3 is 10.1 Å². The first-order valence-corrected chi connectivity index (χ1v) is 8.20. The maximum absolute atomic E-state index is 9.02. The summed E-state index contributed by atoms with van der Waals surface area (Å²) in [7, 11) is 0. The molecule has 0 radical (unpaired) electrons. The van der Waals surface area contributed by atoms with Crippen LogP contribution in [0.4, 0.5) is 5.82 Å². The lowest BCUT2D eigenvalue weighted by atomic mass is 10.1. The number of nitrogens with zero attached hydrogens (tertiary/aromatic N) is 2. The third kappa shape index (κ3) is 4.82. The minimum absolute atomic E-state index is 0.499. The van der Waals surface area contributed by atoms with Crippen molar-refractivity contribution in [2.45, 2.75) is 6.42 Å². The van der Waals surface area contributed by atoms with Crippen LogP contribution in [0, 0.1) is 11.3 Å². The SMILES string of the molecule is N#Cc1cccnc1NCCOc1ccc(Cc2ccccc2)cc1. The van der Waals surface area contributed by atoms with Crippen molar-refractivity contribution in [3.8, 4) is 11.8 Å². The van der Waals surface area contributed by atoms with Gasteiger partial charge in [-0.2, -0.15) is 5.26 Å². The fraction of sp³-hybridized carbons (Fsp3) is 0.143. The normalized spacial score (nSPS) is 10.0. The molecule has 25 heavy (non-hydrogen) atoms. The van der Waals surface area contributed by atoms with E-state index in [9.17, 15) is 0 Å². The number of pyridine rings is 1. The summed E-state index contributed by atoms with van der Waals surface area (Å²) >= 11 is 0. The molecular formula is C21H19N3O. The molecule has 0 saturated heterocycles. The summed E-state index contributed by atoms with van der Waals surface area (Å²) < 4.78 is 5.73. The van der Waals surface area contributed by atoms with Crippen molar-refractivity contribution >= 4 is 5.82 Å². The summed E-state index contributed by atoms with van der Waals surface area (Å²) in [5.74, 6) is 1.42. The smallest absolute Gasteiger partial charge is 0.144 e. The Hall–Kier alpha value is -3.32. The van der Waals surface area contributed by atoms with Crippen LogP contribution in [0.15, 0.2) is 72.9 Å². The molecule has 0 aliphatic carbocycles. The van der Waals surface area contributed by atoms with Gasteiger partial charge in [-0.15, -0.1) is 0 Å². The van der Waals surface area contributed by atoms with Crippen LogP contribution >= 0.6 is 0 Å². The standard InChI is InChI=1S/C21H19N3O/c22-16-19-7-4-12-23-21(19)24-13-14-25-20-10-8-18(9-11-20)15-17-5-2-1-3-6-17/h1-12H,13-15H2,(H,23,24). The zero-order chi connectivity index (χ0) is 17.3. The van der Waals surface area contributed by atoms with Gasteiger partial charge in [0.2, 0.25) is 0 Å². The van der Waals surface area contributed by atoms with E-state index in [4.69, 9.17) is 10.00 Å². The van der Waals surface area contributed by atoms with E-state index in [2.05, 4.69) is 52.8 Å². The van der Waals surface area contributed by atoms with Crippen LogP contribution in [0.2, 0.25) is 0 Å². The van der Waals surface area contributed by atoms with Gasteiger partial charge in [0.1, 0.15) is 24.2 Å². The fourth-order valence-electron chi connectivity index (χ4n) is 2.51. The van der Waals surface area contributed by atoms with E-state index in [1.165, 1.54) is 11.1 Å². The summed E-state index contributed by atoms with van der Waals surface area (Å²) in [6.07, 6.45) is 2.58. The Labute approximate surface area is 147 Å². The summed E-state index contributed by atoms with van der Waals surface area (Å²) in [6, 6.07) is 24.1. The van der Waals surface area contributed by atoms with Crippen molar-refractivity contribution in [2.24, 2.45) is 0 Å². The van der Waals surface area contributed by atoms with E-state index in [0.29, 0.717) is 24.5 Å². The largest absolute Gasteiger partial charge is 0.492 e. The Bertz CT molecular complexity index is 839. The van der Waals surface area contributed by atoms with E-state index in [1.807, 2.05) is 18.2 Å². The molecule has 4 heteroatoms. The van der Waals surface area contributed by atoms with Gasteiger partial charge in [0.25, 0.3) is 0 Å². The Morgan fingerprint density at radius 2 is 1.68 bits per heavy atom. The number of anilines is 1. The monoisotopic (exact) mass is 329 g/mol. The average molecular weight is 329 g/mol. The van der Waals surface area contributed by atoms with Gasteiger partial charge in [-0.25, -0.2) is 4.98 Å². The third-order valence-corrected chi connectivity index (χ3v) is 3.77. The number of nitriles is 1. The Morgan fingerprint density at radius 3 is 2.44 bits per heavy atom. The van der Waals surface area contributed by atoms with E-state index in [1.54, 1.807) is 18.3 Å². The lowest BCUT2D eigenvalue weighted by Gasteiger charge is -2.09. The Morgan fingerprint density at radius 1 is 0.920 bits per heavy atom. The molecule has 124 valence electrons. The summed E-state index contributed by atoms with van der Waals surface area (Å²) in [5.41, 5.74) is 3.08. The Balaban J connectivity index is 1.47. The van der Waals surface area contributed by atoms with Crippen LogP contribution in [0.1, 0.15) is 16.7 Å². The van der Waals surface area contributed by atoms with Gasteiger partial charge in [-0.05, 0) is 41.8 Å². The maximum atomic E-state index is 9.02. The topological polar surface area (TPSA) is 57.9 Å². The number of nitrogens with one attached hydrogen (secondary N) is 1. The molecule has 1 N–H and O–H groups in total. The summed E-state index contributed by atoms with van der Waals surface area (Å²) in [5, 5.41) is 12.1. The van der Waals surface area contributed by atoms with Crippen LogP contribution in [-0.4, -0.2) is 18.1 Å². The molecule has 0 aliphatic heterocycles. The predicted octanol–water partition coefficient (Wildman–Crippen LogP) is 4.03.